The summed E-state index contributed by atoms with van der Waals surface area (Å²) in [7, 11) is 0. The van der Waals surface area contributed by atoms with E-state index in [2.05, 4.69) is 38.4 Å². The molecule has 0 radical (unpaired) electrons. The molecule has 3 rings (SSSR count). The Morgan fingerprint density at radius 3 is 3.12 bits per heavy atom. The zero-order valence-electron chi connectivity index (χ0n) is 8.57. The molecule has 1 fully saturated rings. The maximum Gasteiger partial charge on any atom is 0.123 e. The van der Waals surface area contributed by atoms with Gasteiger partial charge in [-0.25, -0.2) is 4.98 Å². The lowest BCUT2D eigenvalue weighted by Crippen LogP contribution is -2.22. The van der Waals surface area contributed by atoms with Crippen molar-refractivity contribution in [3.05, 3.63) is 34.1 Å². The van der Waals surface area contributed by atoms with E-state index in [9.17, 15) is 0 Å². The fourth-order valence-electron chi connectivity index (χ4n) is 2.45. The average Bonchev–Trinajstić information content (AvgIpc) is 2.63. The number of fused-ring (bicyclic) bond motifs is 1. The van der Waals surface area contributed by atoms with Crippen molar-refractivity contribution in [1.29, 1.82) is 5.26 Å². The second-order valence-electron chi connectivity index (χ2n) is 4.22. The maximum atomic E-state index is 8.95. The lowest BCUT2D eigenvalue weighted by molar-refractivity contribution is 0.564. The van der Waals surface area contributed by atoms with E-state index >= 15 is 0 Å². The van der Waals surface area contributed by atoms with E-state index < -0.39 is 0 Å². The molecule has 1 N–H and O–H groups in total. The Morgan fingerprint density at radius 1 is 1.50 bits per heavy atom. The third kappa shape index (κ3) is 1.40. The number of nitrogens with zero attached hydrogens (tertiary/aromatic N) is 2. The Balaban J connectivity index is 1.97. The van der Waals surface area contributed by atoms with E-state index in [1.54, 1.807) is 0 Å². The Bertz CT molecular complexity index is 515. The molecule has 0 unspecified atom stereocenters. The lowest BCUT2D eigenvalue weighted by Gasteiger charge is -2.29. The number of aromatic nitrogens is 1. The van der Waals surface area contributed by atoms with Crippen LogP contribution < -0.4 is 5.32 Å². The molecule has 1 aromatic heterocycles. The molecule has 0 aromatic carbocycles. The third-order valence-corrected chi connectivity index (χ3v) is 3.98. The Labute approximate surface area is 102 Å². The molecule has 3 nitrogen and oxygen atoms in total. The highest BCUT2D eigenvalue weighted by Crippen LogP contribution is 2.42. The molecule has 2 heterocycles. The lowest BCUT2D eigenvalue weighted by atomic mass is 9.74. The van der Waals surface area contributed by atoms with Gasteiger partial charge in [0.05, 0.1) is 5.56 Å². The molecule has 16 heavy (non-hydrogen) atoms. The minimum atomic E-state index is 0.604. The molecular weight excluding hydrogens is 266 g/mol. The summed E-state index contributed by atoms with van der Waals surface area (Å²) in [5.74, 6) is 1.30. The minimum Gasteiger partial charge on any atom is -0.315 e. The summed E-state index contributed by atoms with van der Waals surface area (Å²) >= 11 is 3.27. The van der Waals surface area contributed by atoms with Gasteiger partial charge in [-0.3, -0.25) is 0 Å². The summed E-state index contributed by atoms with van der Waals surface area (Å²) < 4.78 is 0.625. The SMILES string of the molecule is N#Cc1cc(C2=C[C@H]3CNC[C@@H]23)cnc1Br. The Kier molecular flexibility index (Phi) is 2.31. The van der Waals surface area contributed by atoms with Crippen molar-refractivity contribution in [2.75, 3.05) is 13.1 Å². The highest BCUT2D eigenvalue weighted by molar-refractivity contribution is 9.10. The van der Waals surface area contributed by atoms with E-state index in [0.29, 0.717) is 22.0 Å². The van der Waals surface area contributed by atoms with Crippen molar-refractivity contribution >= 4 is 21.5 Å². The summed E-state index contributed by atoms with van der Waals surface area (Å²) in [6.07, 6.45) is 4.13. The summed E-state index contributed by atoms with van der Waals surface area (Å²) in [5, 5.41) is 12.3. The first-order valence-corrected chi connectivity index (χ1v) is 6.07. The molecule has 1 aliphatic heterocycles. The number of rotatable bonds is 1. The van der Waals surface area contributed by atoms with Gasteiger partial charge < -0.3 is 5.32 Å². The van der Waals surface area contributed by atoms with Gasteiger partial charge in [0, 0.05) is 25.2 Å². The minimum absolute atomic E-state index is 0.604. The monoisotopic (exact) mass is 275 g/mol. The number of hydrogen-bond donors (Lipinski definition) is 1. The highest BCUT2D eigenvalue weighted by atomic mass is 79.9. The van der Waals surface area contributed by atoms with Crippen LogP contribution in [0.3, 0.4) is 0 Å². The van der Waals surface area contributed by atoms with Gasteiger partial charge in [0.2, 0.25) is 0 Å². The molecule has 80 valence electrons. The first-order chi connectivity index (χ1) is 7.79. The normalized spacial score (nSPS) is 26.6. The number of nitrogens with one attached hydrogen (secondary N) is 1. The molecular formula is C12H10BrN3. The van der Waals surface area contributed by atoms with Crippen LogP contribution >= 0.6 is 15.9 Å². The van der Waals surface area contributed by atoms with E-state index in [1.165, 1.54) is 5.57 Å². The van der Waals surface area contributed by atoms with E-state index in [1.807, 2.05) is 12.3 Å². The van der Waals surface area contributed by atoms with E-state index in [-0.39, 0.29) is 0 Å². The predicted molar refractivity (Wildman–Crippen MR) is 64.5 cm³/mol. The zero-order valence-corrected chi connectivity index (χ0v) is 10.2. The number of nitriles is 1. The van der Waals surface area contributed by atoms with Crippen LogP contribution in [0.2, 0.25) is 0 Å². The van der Waals surface area contributed by atoms with Crippen molar-refractivity contribution < 1.29 is 0 Å². The number of hydrogen-bond acceptors (Lipinski definition) is 3. The molecule has 2 atom stereocenters. The number of halogens is 1. The summed E-state index contributed by atoms with van der Waals surface area (Å²) in [6.45, 7) is 2.14. The van der Waals surface area contributed by atoms with Gasteiger partial charge in [0.15, 0.2) is 0 Å². The first kappa shape index (κ1) is 10.0. The predicted octanol–water partition coefficient (Wildman–Crippen LogP) is 1.95. The van der Waals surface area contributed by atoms with Gasteiger partial charge in [-0.2, -0.15) is 5.26 Å². The summed E-state index contributed by atoms with van der Waals surface area (Å²) in [6, 6.07) is 4.06. The van der Waals surface area contributed by atoms with Crippen molar-refractivity contribution in [2.45, 2.75) is 0 Å². The van der Waals surface area contributed by atoms with E-state index in [0.717, 1.165) is 18.7 Å². The van der Waals surface area contributed by atoms with Gasteiger partial charge in [-0.05, 0) is 39.1 Å². The smallest absolute Gasteiger partial charge is 0.123 e. The molecule has 0 amide bonds. The summed E-state index contributed by atoms with van der Waals surface area (Å²) in [4.78, 5) is 4.20. The molecule has 1 saturated heterocycles. The maximum absolute atomic E-state index is 8.95. The largest absolute Gasteiger partial charge is 0.315 e. The van der Waals surface area contributed by atoms with Gasteiger partial charge >= 0.3 is 0 Å². The molecule has 1 aliphatic carbocycles. The van der Waals surface area contributed by atoms with Crippen LogP contribution in [0, 0.1) is 23.2 Å². The molecule has 1 aromatic rings. The average molecular weight is 276 g/mol. The van der Waals surface area contributed by atoms with Crippen LogP contribution in [0.4, 0.5) is 0 Å². The third-order valence-electron chi connectivity index (χ3n) is 3.35. The van der Waals surface area contributed by atoms with E-state index in [4.69, 9.17) is 5.26 Å². The van der Waals surface area contributed by atoms with Crippen LogP contribution in [-0.2, 0) is 0 Å². The van der Waals surface area contributed by atoms with Crippen LogP contribution in [-0.4, -0.2) is 18.1 Å². The molecule has 0 spiro atoms. The highest BCUT2D eigenvalue weighted by Gasteiger charge is 2.36. The quantitative estimate of drug-likeness (QED) is 0.797. The first-order valence-electron chi connectivity index (χ1n) is 5.28. The van der Waals surface area contributed by atoms with Crippen LogP contribution in [0.25, 0.3) is 5.57 Å². The van der Waals surface area contributed by atoms with Gasteiger partial charge in [0.25, 0.3) is 0 Å². The molecule has 0 bridgehead atoms. The zero-order chi connectivity index (χ0) is 11.1. The Hall–Kier alpha value is -1.18. The summed E-state index contributed by atoms with van der Waals surface area (Å²) in [5.41, 5.74) is 3.03. The molecule has 0 saturated carbocycles. The van der Waals surface area contributed by atoms with Crippen molar-refractivity contribution in [3.8, 4) is 6.07 Å². The van der Waals surface area contributed by atoms with Crippen LogP contribution in [0.5, 0.6) is 0 Å². The number of pyridine rings is 1. The van der Waals surface area contributed by atoms with Gasteiger partial charge in [0.1, 0.15) is 10.7 Å². The molecule has 2 aliphatic rings. The van der Waals surface area contributed by atoms with Crippen LogP contribution in [0.1, 0.15) is 11.1 Å². The van der Waals surface area contributed by atoms with Gasteiger partial charge in [-0.1, -0.05) is 6.08 Å². The van der Waals surface area contributed by atoms with Crippen molar-refractivity contribution in [1.82, 2.24) is 10.3 Å². The van der Waals surface area contributed by atoms with Crippen LogP contribution in [0.15, 0.2) is 22.9 Å². The second-order valence-corrected chi connectivity index (χ2v) is 4.98. The fourth-order valence-corrected chi connectivity index (χ4v) is 2.75. The topological polar surface area (TPSA) is 48.7 Å². The fraction of sp³-hybridized carbons (Fsp3) is 0.333. The van der Waals surface area contributed by atoms with Crippen molar-refractivity contribution in [3.63, 3.8) is 0 Å². The van der Waals surface area contributed by atoms with Gasteiger partial charge in [-0.15, -0.1) is 0 Å². The Morgan fingerprint density at radius 2 is 2.38 bits per heavy atom. The standard InChI is InChI=1S/C12H10BrN3/c13-12-7(3-14)1-8(5-16-12)10-2-9-4-15-6-11(9)10/h1-2,5,9,11,15H,4,6H2/t9-,11+/m0/s1. The molecule has 4 heteroatoms. The second kappa shape index (κ2) is 3.69. The van der Waals surface area contributed by atoms with Crippen molar-refractivity contribution in [2.24, 2.45) is 11.8 Å².